The number of hydrogen-bond donors (Lipinski definition) is 3. The van der Waals surface area contributed by atoms with Crippen LogP contribution in [0.25, 0.3) is 0 Å². The molecule has 0 spiro atoms. The van der Waals surface area contributed by atoms with Crippen LogP contribution in [0.15, 0.2) is 12.1 Å². The highest BCUT2D eigenvalue weighted by Crippen LogP contribution is 2.23. The summed E-state index contributed by atoms with van der Waals surface area (Å²) >= 11 is 0. The second kappa shape index (κ2) is 3.68. The van der Waals surface area contributed by atoms with Crippen molar-refractivity contribution in [1.29, 1.82) is 0 Å². The summed E-state index contributed by atoms with van der Waals surface area (Å²) in [5, 5.41) is 8.79. The van der Waals surface area contributed by atoms with E-state index in [9.17, 15) is 8.78 Å². The van der Waals surface area contributed by atoms with Crippen molar-refractivity contribution in [2.24, 2.45) is 11.5 Å². The summed E-state index contributed by atoms with van der Waals surface area (Å²) in [4.78, 5) is 0. The molecule has 1 rings (SSSR count). The van der Waals surface area contributed by atoms with Crippen LogP contribution in [0.5, 0.6) is 5.75 Å². The zero-order valence-electron chi connectivity index (χ0n) is 6.80. The number of phenols is 1. The van der Waals surface area contributed by atoms with Gasteiger partial charge in [0, 0.05) is 18.2 Å². The molecular formula is C8H10F2N2O. The van der Waals surface area contributed by atoms with Crippen molar-refractivity contribution >= 4 is 0 Å². The number of hydrogen-bond acceptors (Lipinski definition) is 3. The Hall–Kier alpha value is -1.20. The summed E-state index contributed by atoms with van der Waals surface area (Å²) in [6.07, 6.45) is 0. The fourth-order valence-corrected chi connectivity index (χ4v) is 0.968. The molecule has 0 unspecified atom stereocenters. The molecule has 1 aromatic carbocycles. The third-order valence-corrected chi connectivity index (χ3v) is 1.75. The third-order valence-electron chi connectivity index (χ3n) is 1.75. The van der Waals surface area contributed by atoms with Crippen LogP contribution in [0.3, 0.4) is 0 Å². The van der Waals surface area contributed by atoms with Crippen molar-refractivity contribution < 1.29 is 13.9 Å². The highest BCUT2D eigenvalue weighted by molar-refractivity contribution is 5.31. The molecule has 1 atom stereocenters. The van der Waals surface area contributed by atoms with E-state index in [4.69, 9.17) is 16.6 Å². The van der Waals surface area contributed by atoms with E-state index in [0.29, 0.717) is 0 Å². The van der Waals surface area contributed by atoms with Gasteiger partial charge in [-0.15, -0.1) is 0 Å². The first-order valence-electron chi connectivity index (χ1n) is 3.70. The molecule has 0 aliphatic carbocycles. The summed E-state index contributed by atoms with van der Waals surface area (Å²) in [5.41, 5.74) is 10.6. The standard InChI is InChI=1S/C8H10F2N2O/c9-7-4(5(12)3-11)1-2-6(13)8(7)10/h1-2,5,13H,3,11-12H2/t5-/m1/s1. The number of rotatable bonds is 2. The van der Waals surface area contributed by atoms with E-state index < -0.39 is 23.4 Å². The molecule has 0 radical (unpaired) electrons. The van der Waals surface area contributed by atoms with Gasteiger partial charge in [-0.2, -0.15) is 4.39 Å². The Morgan fingerprint density at radius 2 is 1.92 bits per heavy atom. The van der Waals surface area contributed by atoms with Crippen molar-refractivity contribution in [2.45, 2.75) is 6.04 Å². The lowest BCUT2D eigenvalue weighted by atomic mass is 10.1. The fourth-order valence-electron chi connectivity index (χ4n) is 0.968. The van der Waals surface area contributed by atoms with Gasteiger partial charge in [0.05, 0.1) is 0 Å². The highest BCUT2D eigenvalue weighted by Gasteiger charge is 2.16. The largest absolute Gasteiger partial charge is 0.505 e. The van der Waals surface area contributed by atoms with Crippen LogP contribution in [0, 0.1) is 11.6 Å². The van der Waals surface area contributed by atoms with Crippen LogP contribution in [0.4, 0.5) is 8.78 Å². The second-order valence-corrected chi connectivity index (χ2v) is 2.64. The van der Waals surface area contributed by atoms with Crippen molar-refractivity contribution in [3.63, 3.8) is 0 Å². The van der Waals surface area contributed by atoms with E-state index in [1.165, 1.54) is 6.07 Å². The van der Waals surface area contributed by atoms with Gasteiger partial charge >= 0.3 is 0 Å². The molecule has 0 bridgehead atoms. The molecule has 13 heavy (non-hydrogen) atoms. The maximum absolute atomic E-state index is 13.0. The van der Waals surface area contributed by atoms with Crippen molar-refractivity contribution in [1.82, 2.24) is 0 Å². The molecule has 72 valence electrons. The molecule has 0 aliphatic rings. The predicted octanol–water partition coefficient (Wildman–Crippen LogP) is 0.629. The van der Waals surface area contributed by atoms with Crippen LogP contribution in [-0.4, -0.2) is 11.7 Å². The van der Waals surface area contributed by atoms with Gasteiger partial charge < -0.3 is 16.6 Å². The Morgan fingerprint density at radius 1 is 1.31 bits per heavy atom. The molecule has 5 N–H and O–H groups in total. The maximum atomic E-state index is 13.0. The molecule has 5 heteroatoms. The highest BCUT2D eigenvalue weighted by atomic mass is 19.2. The van der Waals surface area contributed by atoms with E-state index in [0.717, 1.165) is 6.07 Å². The van der Waals surface area contributed by atoms with Crippen LogP contribution in [0.2, 0.25) is 0 Å². The zero-order valence-corrected chi connectivity index (χ0v) is 6.80. The van der Waals surface area contributed by atoms with E-state index in [1.807, 2.05) is 0 Å². The third kappa shape index (κ3) is 1.76. The summed E-state index contributed by atoms with van der Waals surface area (Å²) < 4.78 is 25.8. The number of phenolic OH excluding ortho intramolecular Hbond substituents is 1. The van der Waals surface area contributed by atoms with Crippen LogP contribution < -0.4 is 11.5 Å². The first-order valence-corrected chi connectivity index (χ1v) is 3.70. The topological polar surface area (TPSA) is 72.3 Å². The lowest BCUT2D eigenvalue weighted by Crippen LogP contribution is -2.22. The van der Waals surface area contributed by atoms with Gasteiger partial charge in [0.25, 0.3) is 0 Å². The minimum atomic E-state index is -1.29. The lowest BCUT2D eigenvalue weighted by Gasteiger charge is -2.10. The molecule has 0 saturated carbocycles. The van der Waals surface area contributed by atoms with Gasteiger partial charge in [-0.1, -0.05) is 6.07 Å². The molecule has 1 aromatic rings. The van der Waals surface area contributed by atoms with E-state index in [2.05, 4.69) is 0 Å². The monoisotopic (exact) mass is 188 g/mol. The SMILES string of the molecule is NC[C@@H](N)c1ccc(O)c(F)c1F. The Labute approximate surface area is 74.0 Å². The van der Waals surface area contributed by atoms with Crippen LogP contribution in [-0.2, 0) is 0 Å². The zero-order chi connectivity index (χ0) is 10.0. The average molecular weight is 188 g/mol. The van der Waals surface area contributed by atoms with Gasteiger partial charge in [0.2, 0.25) is 5.82 Å². The van der Waals surface area contributed by atoms with Crippen molar-refractivity contribution in [3.8, 4) is 5.75 Å². The summed E-state index contributed by atoms with van der Waals surface area (Å²) in [5.74, 6) is -3.16. The Bertz CT molecular complexity index is 317. The van der Waals surface area contributed by atoms with Gasteiger partial charge in [0.1, 0.15) is 0 Å². The Morgan fingerprint density at radius 3 is 2.46 bits per heavy atom. The van der Waals surface area contributed by atoms with E-state index >= 15 is 0 Å². The average Bonchev–Trinajstić information content (AvgIpc) is 2.13. The Kier molecular flexibility index (Phi) is 2.79. The molecule has 0 heterocycles. The minimum absolute atomic E-state index is 0.0150. The number of halogens is 2. The molecular weight excluding hydrogens is 178 g/mol. The fraction of sp³-hybridized carbons (Fsp3) is 0.250. The minimum Gasteiger partial charge on any atom is -0.505 e. The molecule has 0 fully saturated rings. The number of nitrogens with two attached hydrogens (primary N) is 2. The summed E-state index contributed by atoms with van der Waals surface area (Å²) in [6.45, 7) is 0.0150. The first kappa shape index (κ1) is 9.88. The summed E-state index contributed by atoms with van der Waals surface area (Å²) in [6, 6.07) is 1.50. The molecule has 0 aromatic heterocycles. The van der Waals surface area contributed by atoms with Crippen molar-refractivity contribution in [3.05, 3.63) is 29.3 Å². The normalized spacial score (nSPS) is 12.9. The smallest absolute Gasteiger partial charge is 0.200 e. The van der Waals surface area contributed by atoms with Gasteiger partial charge in [-0.25, -0.2) is 4.39 Å². The van der Waals surface area contributed by atoms with Gasteiger partial charge in [-0.3, -0.25) is 0 Å². The van der Waals surface area contributed by atoms with Gasteiger partial charge in [0.15, 0.2) is 11.6 Å². The lowest BCUT2D eigenvalue weighted by molar-refractivity contribution is 0.401. The van der Waals surface area contributed by atoms with Crippen LogP contribution >= 0.6 is 0 Å². The maximum Gasteiger partial charge on any atom is 0.200 e. The predicted molar refractivity (Wildman–Crippen MR) is 44.0 cm³/mol. The molecule has 0 aliphatic heterocycles. The molecule has 0 saturated heterocycles. The second-order valence-electron chi connectivity index (χ2n) is 2.64. The van der Waals surface area contributed by atoms with Gasteiger partial charge in [-0.05, 0) is 6.07 Å². The molecule has 3 nitrogen and oxygen atoms in total. The first-order chi connectivity index (χ1) is 6.07. The van der Waals surface area contributed by atoms with E-state index in [1.54, 1.807) is 0 Å². The Balaban J connectivity index is 3.18. The van der Waals surface area contributed by atoms with E-state index in [-0.39, 0.29) is 12.1 Å². The van der Waals surface area contributed by atoms with Crippen molar-refractivity contribution in [2.75, 3.05) is 6.54 Å². The van der Waals surface area contributed by atoms with Crippen LogP contribution in [0.1, 0.15) is 11.6 Å². The summed E-state index contributed by atoms with van der Waals surface area (Å²) in [7, 11) is 0. The molecule has 0 amide bonds. The quantitative estimate of drug-likeness (QED) is 0.637. The number of benzene rings is 1. The number of aromatic hydroxyl groups is 1.